The van der Waals surface area contributed by atoms with E-state index in [1.807, 2.05) is 26.0 Å². The second kappa shape index (κ2) is 7.23. The largest absolute Gasteiger partial charge is 0.476 e. The number of hydrogen-bond donors (Lipinski definition) is 2. The van der Waals surface area contributed by atoms with Gasteiger partial charge in [0, 0.05) is 18.6 Å². The topological polar surface area (TPSA) is 76.1 Å². The molecule has 2 amide bonds. The summed E-state index contributed by atoms with van der Waals surface area (Å²) in [6, 6.07) is 6.76. The molecule has 2 heterocycles. The lowest BCUT2D eigenvalue weighted by Crippen LogP contribution is -2.31. The Morgan fingerprint density at radius 3 is 2.86 bits per heavy atom. The average molecular weight is 286 g/mol. The van der Waals surface area contributed by atoms with E-state index in [1.165, 1.54) is 0 Å². The van der Waals surface area contributed by atoms with Crippen LogP contribution in [-0.2, 0) is 0 Å². The molecule has 2 aromatic heterocycles. The number of anilines is 1. The van der Waals surface area contributed by atoms with Crippen LogP contribution in [0.2, 0.25) is 0 Å². The van der Waals surface area contributed by atoms with E-state index < -0.39 is 0 Å². The molecule has 0 aliphatic rings. The quantitative estimate of drug-likeness (QED) is 0.886. The highest BCUT2D eigenvalue weighted by Crippen LogP contribution is 2.20. The molecule has 0 aliphatic heterocycles. The molecule has 2 rings (SSSR count). The van der Waals surface area contributed by atoms with Crippen LogP contribution in [0.15, 0.2) is 42.9 Å². The monoisotopic (exact) mass is 286 g/mol. The molecule has 0 saturated heterocycles. The number of nitrogens with zero attached hydrogens (tertiary/aromatic N) is 2. The molecule has 0 radical (unpaired) electrons. The maximum atomic E-state index is 12.0. The predicted octanol–water partition coefficient (Wildman–Crippen LogP) is 2.76. The maximum absolute atomic E-state index is 12.0. The fourth-order valence-electron chi connectivity index (χ4n) is 1.81. The molecule has 6 heteroatoms. The smallest absolute Gasteiger partial charge is 0.319 e. The number of urea groups is 1. The molecule has 0 fully saturated rings. The van der Waals surface area contributed by atoms with Crippen molar-refractivity contribution in [2.75, 3.05) is 11.9 Å². The van der Waals surface area contributed by atoms with E-state index in [-0.39, 0.29) is 12.1 Å². The van der Waals surface area contributed by atoms with E-state index in [4.69, 9.17) is 4.74 Å². The van der Waals surface area contributed by atoms with Crippen molar-refractivity contribution in [2.45, 2.75) is 19.9 Å². The van der Waals surface area contributed by atoms with E-state index in [0.717, 1.165) is 5.56 Å². The Morgan fingerprint density at radius 1 is 1.33 bits per heavy atom. The minimum atomic E-state index is -0.319. The lowest BCUT2D eigenvalue weighted by Gasteiger charge is -2.15. The molecule has 110 valence electrons. The molecule has 2 aromatic rings. The van der Waals surface area contributed by atoms with Gasteiger partial charge < -0.3 is 15.4 Å². The zero-order chi connectivity index (χ0) is 15.1. The van der Waals surface area contributed by atoms with Crippen molar-refractivity contribution in [2.24, 2.45) is 0 Å². The zero-order valence-corrected chi connectivity index (χ0v) is 12.0. The van der Waals surface area contributed by atoms with Gasteiger partial charge >= 0.3 is 6.03 Å². The van der Waals surface area contributed by atoms with Crippen molar-refractivity contribution in [3.05, 3.63) is 48.4 Å². The standard InChI is InChI=1S/C15H18N4O2/c1-3-21-14-13(7-5-9-17-14)19-15(20)18-11(2)12-6-4-8-16-10-12/h4-11H,3H2,1-2H3,(H2,18,19,20)/t11-/m0/s1. The summed E-state index contributed by atoms with van der Waals surface area (Å²) in [5, 5.41) is 5.58. The second-order valence-corrected chi connectivity index (χ2v) is 4.40. The van der Waals surface area contributed by atoms with Crippen LogP contribution in [0.25, 0.3) is 0 Å². The third kappa shape index (κ3) is 4.17. The Morgan fingerprint density at radius 2 is 2.14 bits per heavy atom. The number of hydrogen-bond acceptors (Lipinski definition) is 4. The highest BCUT2D eigenvalue weighted by Gasteiger charge is 2.12. The van der Waals surface area contributed by atoms with Gasteiger partial charge in [-0.2, -0.15) is 0 Å². The van der Waals surface area contributed by atoms with Gasteiger partial charge in [0.05, 0.1) is 12.6 Å². The van der Waals surface area contributed by atoms with Crippen molar-refractivity contribution in [1.29, 1.82) is 0 Å². The van der Waals surface area contributed by atoms with Gasteiger partial charge in [0.15, 0.2) is 0 Å². The number of carbonyl (C=O) groups is 1. The van der Waals surface area contributed by atoms with E-state index in [0.29, 0.717) is 18.2 Å². The van der Waals surface area contributed by atoms with Gasteiger partial charge in [-0.3, -0.25) is 4.98 Å². The summed E-state index contributed by atoms with van der Waals surface area (Å²) in [7, 11) is 0. The predicted molar refractivity (Wildman–Crippen MR) is 80.2 cm³/mol. The number of pyridine rings is 2. The third-order valence-electron chi connectivity index (χ3n) is 2.83. The molecule has 0 spiro atoms. The molecule has 0 bridgehead atoms. The molecule has 6 nitrogen and oxygen atoms in total. The Kier molecular flexibility index (Phi) is 5.09. The summed E-state index contributed by atoms with van der Waals surface area (Å²) in [6.07, 6.45) is 5.03. The Bertz CT molecular complexity index is 589. The van der Waals surface area contributed by atoms with Gasteiger partial charge in [0.1, 0.15) is 5.69 Å². The summed E-state index contributed by atoms with van der Waals surface area (Å²) >= 11 is 0. The van der Waals surface area contributed by atoms with Crippen LogP contribution >= 0.6 is 0 Å². The normalized spacial score (nSPS) is 11.5. The number of nitrogens with one attached hydrogen (secondary N) is 2. The molecule has 2 N–H and O–H groups in total. The molecule has 1 atom stereocenters. The third-order valence-corrected chi connectivity index (χ3v) is 2.83. The molecular formula is C15H18N4O2. The first kappa shape index (κ1) is 14.8. The Hall–Kier alpha value is -2.63. The van der Waals surface area contributed by atoms with Crippen molar-refractivity contribution in [3.63, 3.8) is 0 Å². The van der Waals surface area contributed by atoms with Gasteiger partial charge in [-0.25, -0.2) is 9.78 Å². The van der Waals surface area contributed by atoms with E-state index in [2.05, 4.69) is 20.6 Å². The van der Waals surface area contributed by atoms with Crippen LogP contribution < -0.4 is 15.4 Å². The fraction of sp³-hybridized carbons (Fsp3) is 0.267. The highest BCUT2D eigenvalue weighted by atomic mass is 16.5. The van der Waals surface area contributed by atoms with E-state index >= 15 is 0 Å². The van der Waals surface area contributed by atoms with Gasteiger partial charge in [0.2, 0.25) is 5.88 Å². The average Bonchev–Trinajstić information content (AvgIpc) is 2.50. The summed E-state index contributed by atoms with van der Waals surface area (Å²) in [5.74, 6) is 0.407. The number of carbonyl (C=O) groups excluding carboxylic acids is 1. The lowest BCUT2D eigenvalue weighted by molar-refractivity contribution is 0.249. The SMILES string of the molecule is CCOc1ncccc1NC(=O)N[C@@H](C)c1cccnc1. The minimum Gasteiger partial charge on any atom is -0.476 e. The molecule has 0 saturated carbocycles. The summed E-state index contributed by atoms with van der Waals surface area (Å²) in [4.78, 5) is 20.1. The van der Waals surface area contributed by atoms with Gasteiger partial charge in [-0.05, 0) is 37.6 Å². The van der Waals surface area contributed by atoms with Gasteiger partial charge in [-0.1, -0.05) is 6.07 Å². The number of amides is 2. The van der Waals surface area contributed by atoms with E-state index in [9.17, 15) is 4.79 Å². The van der Waals surface area contributed by atoms with Crippen molar-refractivity contribution < 1.29 is 9.53 Å². The van der Waals surface area contributed by atoms with Crippen molar-refractivity contribution >= 4 is 11.7 Å². The number of aromatic nitrogens is 2. The molecule has 0 aromatic carbocycles. The van der Waals surface area contributed by atoms with Gasteiger partial charge in [-0.15, -0.1) is 0 Å². The van der Waals surface area contributed by atoms with Crippen LogP contribution in [0, 0.1) is 0 Å². The first-order chi connectivity index (χ1) is 10.2. The summed E-state index contributed by atoms with van der Waals surface area (Å²) in [6.45, 7) is 4.24. The van der Waals surface area contributed by atoms with Crippen LogP contribution in [0.4, 0.5) is 10.5 Å². The van der Waals surface area contributed by atoms with Crippen LogP contribution in [0.3, 0.4) is 0 Å². The molecule has 21 heavy (non-hydrogen) atoms. The lowest BCUT2D eigenvalue weighted by atomic mass is 10.1. The molecular weight excluding hydrogens is 268 g/mol. The number of ether oxygens (including phenoxy) is 1. The summed E-state index contributed by atoms with van der Waals surface area (Å²) < 4.78 is 5.36. The maximum Gasteiger partial charge on any atom is 0.319 e. The first-order valence-electron chi connectivity index (χ1n) is 6.76. The highest BCUT2D eigenvalue weighted by molar-refractivity contribution is 5.90. The van der Waals surface area contributed by atoms with Crippen LogP contribution in [0.5, 0.6) is 5.88 Å². The Balaban J connectivity index is 1.99. The first-order valence-corrected chi connectivity index (χ1v) is 6.76. The summed E-state index contributed by atoms with van der Waals surface area (Å²) in [5.41, 5.74) is 1.47. The number of rotatable bonds is 5. The van der Waals surface area contributed by atoms with Crippen molar-refractivity contribution in [1.82, 2.24) is 15.3 Å². The van der Waals surface area contributed by atoms with Gasteiger partial charge in [0.25, 0.3) is 0 Å². The van der Waals surface area contributed by atoms with E-state index in [1.54, 1.807) is 30.7 Å². The minimum absolute atomic E-state index is 0.147. The zero-order valence-electron chi connectivity index (χ0n) is 12.0. The fourth-order valence-corrected chi connectivity index (χ4v) is 1.81. The molecule has 0 unspecified atom stereocenters. The van der Waals surface area contributed by atoms with Crippen molar-refractivity contribution in [3.8, 4) is 5.88 Å². The van der Waals surface area contributed by atoms with Crippen LogP contribution in [0.1, 0.15) is 25.5 Å². The van der Waals surface area contributed by atoms with Crippen LogP contribution in [-0.4, -0.2) is 22.6 Å². The second-order valence-electron chi connectivity index (χ2n) is 4.40. The Labute approximate surface area is 123 Å². The molecule has 0 aliphatic carbocycles.